The molecule has 0 radical (unpaired) electrons. The van der Waals surface area contributed by atoms with Crippen molar-refractivity contribution in [3.8, 4) is 0 Å². The van der Waals surface area contributed by atoms with E-state index < -0.39 is 0 Å². The van der Waals surface area contributed by atoms with Crippen LogP contribution in [0.2, 0.25) is 0 Å². The first-order valence-electron chi connectivity index (χ1n) is 8.90. The maximum Gasteiger partial charge on any atom is 0.193 e. The minimum absolute atomic E-state index is 0.653. The highest BCUT2D eigenvalue weighted by atomic mass is 15.3. The van der Waals surface area contributed by atoms with Crippen LogP contribution in [-0.4, -0.2) is 55.5 Å². The summed E-state index contributed by atoms with van der Waals surface area (Å²) in [5, 5.41) is 3.51. The highest BCUT2D eigenvalue weighted by Crippen LogP contribution is 2.13. The molecule has 1 unspecified atom stereocenters. The van der Waals surface area contributed by atoms with Crippen LogP contribution in [0.3, 0.4) is 0 Å². The van der Waals surface area contributed by atoms with Gasteiger partial charge in [-0.3, -0.25) is 0 Å². The smallest absolute Gasteiger partial charge is 0.193 e. The summed E-state index contributed by atoms with van der Waals surface area (Å²) < 4.78 is 0. The van der Waals surface area contributed by atoms with Gasteiger partial charge >= 0.3 is 0 Å². The Kier molecular flexibility index (Phi) is 7.40. The number of rotatable bonds is 6. The Hall–Kier alpha value is -1.55. The van der Waals surface area contributed by atoms with Crippen LogP contribution < -0.4 is 5.32 Å². The van der Waals surface area contributed by atoms with Crippen LogP contribution in [-0.2, 0) is 6.54 Å². The van der Waals surface area contributed by atoms with E-state index in [1.165, 1.54) is 37.9 Å². The second kappa shape index (κ2) is 9.56. The molecule has 1 aromatic rings. The molecule has 1 N–H and O–H groups in total. The molecule has 128 valence electrons. The minimum Gasteiger partial charge on any atom is -0.356 e. The summed E-state index contributed by atoms with van der Waals surface area (Å²) in [5.41, 5.74) is 1.25. The van der Waals surface area contributed by atoms with Gasteiger partial charge in [-0.1, -0.05) is 36.8 Å². The molecule has 0 aromatic heterocycles. The topological polar surface area (TPSA) is 30.9 Å². The molecule has 4 heteroatoms. The lowest BCUT2D eigenvalue weighted by molar-refractivity contribution is 0.167. The molecule has 1 aliphatic heterocycles. The zero-order valence-electron chi connectivity index (χ0n) is 15.0. The van der Waals surface area contributed by atoms with Crippen LogP contribution in [0.25, 0.3) is 0 Å². The van der Waals surface area contributed by atoms with Crippen LogP contribution in [0, 0.1) is 0 Å². The predicted molar refractivity (Wildman–Crippen MR) is 98.8 cm³/mol. The van der Waals surface area contributed by atoms with Gasteiger partial charge in [-0.25, -0.2) is 4.99 Å². The Balaban J connectivity index is 1.77. The average molecular weight is 316 g/mol. The van der Waals surface area contributed by atoms with Gasteiger partial charge in [0.2, 0.25) is 0 Å². The number of likely N-dealkylation sites (tertiary alicyclic amines) is 1. The lowest BCUT2D eigenvalue weighted by Gasteiger charge is -2.32. The lowest BCUT2D eigenvalue weighted by atomic mass is 10.1. The van der Waals surface area contributed by atoms with Crippen molar-refractivity contribution in [3.05, 3.63) is 35.9 Å². The molecule has 0 spiro atoms. The van der Waals surface area contributed by atoms with Crippen LogP contribution >= 0.6 is 0 Å². The van der Waals surface area contributed by atoms with Gasteiger partial charge in [-0.15, -0.1) is 0 Å². The van der Waals surface area contributed by atoms with E-state index in [2.05, 4.69) is 46.3 Å². The third-order valence-corrected chi connectivity index (χ3v) is 4.54. The Morgan fingerprint density at radius 3 is 2.52 bits per heavy atom. The van der Waals surface area contributed by atoms with Crippen LogP contribution in [0.15, 0.2) is 35.3 Å². The van der Waals surface area contributed by atoms with E-state index in [4.69, 9.17) is 4.99 Å². The summed E-state index contributed by atoms with van der Waals surface area (Å²) in [6, 6.07) is 11.1. The van der Waals surface area contributed by atoms with Crippen LogP contribution in [0.4, 0.5) is 0 Å². The maximum absolute atomic E-state index is 4.72. The highest BCUT2D eigenvalue weighted by molar-refractivity contribution is 5.79. The largest absolute Gasteiger partial charge is 0.356 e. The first-order chi connectivity index (χ1) is 11.2. The minimum atomic E-state index is 0.653. The fraction of sp³-hybridized carbons (Fsp3) is 0.632. The number of piperidine rings is 1. The molecule has 0 saturated carbocycles. The van der Waals surface area contributed by atoms with Crippen LogP contribution in [0.5, 0.6) is 0 Å². The fourth-order valence-corrected chi connectivity index (χ4v) is 3.04. The number of nitrogens with zero attached hydrogens (tertiary/aromatic N) is 3. The van der Waals surface area contributed by atoms with Gasteiger partial charge < -0.3 is 15.1 Å². The number of hydrogen-bond donors (Lipinski definition) is 1. The first kappa shape index (κ1) is 17.8. The third kappa shape index (κ3) is 6.22. The summed E-state index contributed by atoms with van der Waals surface area (Å²) in [6.07, 6.45) is 5.29. The molecule has 1 saturated heterocycles. The lowest BCUT2D eigenvalue weighted by Crippen LogP contribution is -2.41. The van der Waals surface area contributed by atoms with E-state index in [1.807, 2.05) is 20.2 Å². The van der Waals surface area contributed by atoms with E-state index in [1.54, 1.807) is 0 Å². The monoisotopic (exact) mass is 316 g/mol. The van der Waals surface area contributed by atoms with Gasteiger partial charge in [0.05, 0.1) is 6.54 Å². The van der Waals surface area contributed by atoms with Crippen molar-refractivity contribution in [3.63, 3.8) is 0 Å². The summed E-state index contributed by atoms with van der Waals surface area (Å²) in [6.45, 7) is 6.59. The molecule has 0 aliphatic carbocycles. The number of benzene rings is 1. The van der Waals surface area contributed by atoms with Gasteiger partial charge in [0.1, 0.15) is 0 Å². The highest BCUT2D eigenvalue weighted by Gasteiger charge is 2.16. The van der Waals surface area contributed by atoms with Gasteiger partial charge in [0.25, 0.3) is 0 Å². The zero-order valence-corrected chi connectivity index (χ0v) is 15.0. The molecule has 1 fully saturated rings. The summed E-state index contributed by atoms with van der Waals surface area (Å²) in [5.74, 6) is 0.972. The van der Waals surface area contributed by atoms with Gasteiger partial charge in [0, 0.05) is 26.7 Å². The van der Waals surface area contributed by atoms with Crippen LogP contribution in [0.1, 0.15) is 38.2 Å². The second-order valence-electron chi connectivity index (χ2n) is 6.68. The molecule has 1 heterocycles. The predicted octanol–water partition coefficient (Wildman–Crippen LogP) is 2.96. The van der Waals surface area contributed by atoms with Crippen molar-refractivity contribution in [2.75, 3.05) is 33.7 Å². The molecule has 0 bridgehead atoms. The summed E-state index contributed by atoms with van der Waals surface area (Å²) in [4.78, 5) is 9.41. The van der Waals surface area contributed by atoms with Gasteiger partial charge in [0.15, 0.2) is 5.96 Å². The van der Waals surface area contributed by atoms with Crippen molar-refractivity contribution in [2.24, 2.45) is 4.99 Å². The molecule has 1 atom stereocenters. The molecular weight excluding hydrogens is 284 g/mol. The molecule has 23 heavy (non-hydrogen) atoms. The van der Waals surface area contributed by atoms with E-state index in [9.17, 15) is 0 Å². The van der Waals surface area contributed by atoms with Gasteiger partial charge in [-0.2, -0.15) is 0 Å². The van der Waals surface area contributed by atoms with E-state index in [0.717, 1.165) is 25.5 Å². The molecule has 4 nitrogen and oxygen atoms in total. The SMILES string of the molecule is CC(CCNC(=NCc1ccccc1)N(C)C)N1CCCCC1. The normalized spacial score (nSPS) is 17.8. The summed E-state index contributed by atoms with van der Waals surface area (Å²) >= 11 is 0. The molecule has 1 aromatic carbocycles. The van der Waals surface area contributed by atoms with Crippen molar-refractivity contribution in [1.82, 2.24) is 15.1 Å². The standard InChI is InChI=1S/C19H32N4/c1-17(23-14-8-5-9-15-23)12-13-20-19(22(2)3)21-16-18-10-6-4-7-11-18/h4,6-7,10-11,17H,5,8-9,12-16H2,1-3H3,(H,20,21). The molecule has 0 amide bonds. The number of hydrogen-bond acceptors (Lipinski definition) is 2. The van der Waals surface area contributed by atoms with Crippen molar-refractivity contribution < 1.29 is 0 Å². The summed E-state index contributed by atoms with van der Waals surface area (Å²) in [7, 11) is 4.09. The van der Waals surface area contributed by atoms with E-state index in [0.29, 0.717) is 6.04 Å². The van der Waals surface area contributed by atoms with Crippen molar-refractivity contribution >= 4 is 5.96 Å². The Morgan fingerprint density at radius 2 is 1.87 bits per heavy atom. The zero-order chi connectivity index (χ0) is 16.5. The van der Waals surface area contributed by atoms with Gasteiger partial charge in [-0.05, 0) is 44.8 Å². The van der Waals surface area contributed by atoms with E-state index in [-0.39, 0.29) is 0 Å². The average Bonchev–Trinajstić information content (AvgIpc) is 2.59. The third-order valence-electron chi connectivity index (χ3n) is 4.54. The van der Waals surface area contributed by atoms with E-state index >= 15 is 0 Å². The quantitative estimate of drug-likeness (QED) is 0.646. The Labute approximate surface area is 141 Å². The molecule has 2 rings (SSSR count). The number of aliphatic imine (C=N–C) groups is 1. The maximum atomic E-state index is 4.72. The fourth-order valence-electron chi connectivity index (χ4n) is 3.04. The molecule has 1 aliphatic rings. The first-order valence-corrected chi connectivity index (χ1v) is 8.90. The second-order valence-corrected chi connectivity index (χ2v) is 6.68. The number of nitrogens with one attached hydrogen (secondary N) is 1. The number of guanidine groups is 1. The Bertz CT molecular complexity index is 464. The van der Waals surface area contributed by atoms with Crippen molar-refractivity contribution in [1.29, 1.82) is 0 Å². The Morgan fingerprint density at radius 1 is 1.17 bits per heavy atom. The molecular formula is C19H32N4. The van der Waals surface area contributed by atoms with Crippen molar-refractivity contribution in [2.45, 2.75) is 45.2 Å².